The number of halogens is 5. The van der Waals surface area contributed by atoms with Crippen molar-refractivity contribution in [1.29, 1.82) is 0 Å². The smallest absolute Gasteiger partial charge is 0.369 e. The Morgan fingerprint density at radius 3 is 2.23 bits per heavy atom. The van der Waals surface area contributed by atoms with Crippen molar-refractivity contribution in [3.8, 4) is 5.69 Å². The number of imidazole rings is 1. The number of nitrogens with one attached hydrogen (secondary N) is 1. The van der Waals surface area contributed by atoms with E-state index in [0.29, 0.717) is 18.1 Å². The molecular formula is C28H36Cl2F3N5O. The van der Waals surface area contributed by atoms with Crippen LogP contribution in [0.3, 0.4) is 0 Å². The first-order valence-electron chi connectivity index (χ1n) is 12.6. The zero-order valence-electron chi connectivity index (χ0n) is 22.6. The van der Waals surface area contributed by atoms with E-state index in [1.807, 2.05) is 0 Å². The first-order chi connectivity index (χ1) is 17.6. The molecule has 0 aliphatic carbocycles. The lowest BCUT2D eigenvalue weighted by atomic mass is 10.1. The van der Waals surface area contributed by atoms with Gasteiger partial charge in [-0.2, -0.15) is 13.2 Å². The number of para-hydroxylation sites is 1. The van der Waals surface area contributed by atoms with Gasteiger partial charge in [0.25, 0.3) is 5.91 Å². The van der Waals surface area contributed by atoms with Crippen LogP contribution in [0.25, 0.3) is 5.69 Å². The summed E-state index contributed by atoms with van der Waals surface area (Å²) in [7, 11) is 0. The third kappa shape index (κ3) is 7.26. The number of alkyl halides is 3. The fraction of sp³-hybridized carbons (Fsp3) is 0.429. The van der Waals surface area contributed by atoms with Crippen LogP contribution in [0.1, 0.15) is 45.1 Å². The molecule has 1 saturated heterocycles. The van der Waals surface area contributed by atoms with Crippen LogP contribution in [0.15, 0.2) is 42.5 Å². The Morgan fingerprint density at radius 1 is 0.923 bits per heavy atom. The Kier molecular flexibility index (Phi) is 11.3. The fourth-order valence-corrected chi connectivity index (χ4v) is 5.00. The molecule has 0 atom stereocenters. The van der Waals surface area contributed by atoms with E-state index in [1.54, 1.807) is 19.9 Å². The van der Waals surface area contributed by atoms with Gasteiger partial charge in [0.15, 0.2) is 0 Å². The summed E-state index contributed by atoms with van der Waals surface area (Å²) in [5.41, 5.74) is 3.67. The average Bonchev–Trinajstić information content (AvgIpc) is 3.17. The van der Waals surface area contributed by atoms with Crippen molar-refractivity contribution in [1.82, 2.24) is 19.8 Å². The Balaban J connectivity index is 0.00000267. The Bertz CT molecular complexity index is 1270. The van der Waals surface area contributed by atoms with Crippen molar-refractivity contribution in [3.63, 3.8) is 0 Å². The summed E-state index contributed by atoms with van der Waals surface area (Å²) in [6.45, 7) is 12.7. The van der Waals surface area contributed by atoms with Gasteiger partial charge in [0.05, 0.1) is 16.9 Å². The predicted octanol–water partition coefficient (Wildman–Crippen LogP) is 5.91. The zero-order valence-corrected chi connectivity index (χ0v) is 24.3. The molecule has 4 rings (SSSR count). The van der Waals surface area contributed by atoms with Crippen LogP contribution in [-0.2, 0) is 6.18 Å². The van der Waals surface area contributed by atoms with E-state index in [2.05, 4.69) is 52.1 Å². The maximum Gasteiger partial charge on any atom is 0.418 e. The lowest BCUT2D eigenvalue weighted by Gasteiger charge is -2.37. The number of nitrogens with zero attached hydrogens (tertiary/aromatic N) is 4. The molecule has 1 amide bonds. The standard InChI is InChI=1S/C28H34F3N5O.2ClH/c1-19-9-7-12-24(20(19)2)35-17-15-34(16-18-35)14-8-13-32-27(37)26-21(3)36(22(4)33-26)25-11-6-5-10-23(25)28(29,30)31;;/h5-7,9-12H,8,13-18H2,1-4H3,(H,32,37);2*1H. The van der Waals surface area contributed by atoms with Crippen LogP contribution >= 0.6 is 24.8 Å². The number of aryl methyl sites for hydroxylation is 2. The molecule has 1 fully saturated rings. The molecule has 0 saturated carbocycles. The molecular weight excluding hydrogens is 550 g/mol. The van der Waals surface area contributed by atoms with Gasteiger partial charge in [0, 0.05) is 38.4 Å². The molecule has 0 radical (unpaired) electrons. The summed E-state index contributed by atoms with van der Waals surface area (Å²) < 4.78 is 42.0. The zero-order chi connectivity index (χ0) is 26.7. The van der Waals surface area contributed by atoms with E-state index >= 15 is 0 Å². The number of hydrogen-bond acceptors (Lipinski definition) is 4. The topological polar surface area (TPSA) is 53.4 Å². The number of carbonyl (C=O) groups excluding carboxylic acids is 1. The molecule has 6 nitrogen and oxygen atoms in total. The maximum absolute atomic E-state index is 13.5. The third-order valence-electron chi connectivity index (χ3n) is 7.17. The number of benzene rings is 2. The minimum absolute atomic E-state index is 0. The molecule has 2 heterocycles. The summed E-state index contributed by atoms with van der Waals surface area (Å²) in [6, 6.07) is 11.8. The normalized spacial score (nSPS) is 14.0. The summed E-state index contributed by atoms with van der Waals surface area (Å²) >= 11 is 0. The SMILES string of the molecule is Cc1cccc(N2CCN(CCCNC(=O)c3nc(C)n(-c4ccccc4C(F)(F)F)c3C)CC2)c1C.Cl.Cl. The summed E-state index contributed by atoms with van der Waals surface area (Å²) in [5, 5.41) is 2.89. The summed E-state index contributed by atoms with van der Waals surface area (Å²) in [5.74, 6) is -0.0374. The van der Waals surface area contributed by atoms with Crippen LogP contribution in [0.5, 0.6) is 0 Å². The van der Waals surface area contributed by atoms with Crippen molar-refractivity contribution in [2.45, 2.75) is 40.3 Å². The van der Waals surface area contributed by atoms with E-state index in [-0.39, 0.29) is 42.1 Å². The maximum atomic E-state index is 13.5. The van der Waals surface area contributed by atoms with Gasteiger partial charge in [-0.1, -0.05) is 24.3 Å². The quantitative estimate of drug-likeness (QED) is 0.350. The highest BCUT2D eigenvalue weighted by molar-refractivity contribution is 5.93. The van der Waals surface area contributed by atoms with Crippen molar-refractivity contribution < 1.29 is 18.0 Å². The van der Waals surface area contributed by atoms with Crippen molar-refractivity contribution in [3.05, 3.63) is 76.4 Å². The molecule has 0 unspecified atom stereocenters. The molecule has 1 aromatic heterocycles. The second-order valence-corrected chi connectivity index (χ2v) is 9.60. The molecule has 1 N–H and O–H groups in total. The lowest BCUT2D eigenvalue weighted by molar-refractivity contribution is -0.137. The van der Waals surface area contributed by atoms with Crippen LogP contribution in [0, 0.1) is 27.7 Å². The third-order valence-corrected chi connectivity index (χ3v) is 7.17. The number of anilines is 1. The molecule has 11 heteroatoms. The highest BCUT2D eigenvalue weighted by Crippen LogP contribution is 2.35. The highest BCUT2D eigenvalue weighted by atomic mass is 35.5. The molecule has 214 valence electrons. The van der Waals surface area contributed by atoms with Crippen molar-refractivity contribution >= 4 is 36.4 Å². The van der Waals surface area contributed by atoms with Gasteiger partial charge in [-0.3, -0.25) is 14.3 Å². The van der Waals surface area contributed by atoms with E-state index in [9.17, 15) is 18.0 Å². The van der Waals surface area contributed by atoms with Crippen molar-refractivity contribution in [2.75, 3.05) is 44.2 Å². The van der Waals surface area contributed by atoms with Gasteiger partial charge in [-0.15, -0.1) is 24.8 Å². The number of piperazine rings is 1. The summed E-state index contributed by atoms with van der Waals surface area (Å²) in [6.07, 6.45) is -3.72. The van der Waals surface area contributed by atoms with Crippen LogP contribution < -0.4 is 10.2 Å². The van der Waals surface area contributed by atoms with Gasteiger partial charge in [-0.05, 0) is 70.0 Å². The van der Waals surface area contributed by atoms with Crippen LogP contribution in [-0.4, -0.2) is 59.6 Å². The van der Waals surface area contributed by atoms with E-state index in [0.717, 1.165) is 45.2 Å². The first-order valence-corrected chi connectivity index (χ1v) is 12.6. The molecule has 1 aliphatic heterocycles. The molecule has 2 aromatic carbocycles. The minimum Gasteiger partial charge on any atom is -0.369 e. The second-order valence-electron chi connectivity index (χ2n) is 9.60. The average molecular weight is 587 g/mol. The molecule has 1 aliphatic rings. The molecule has 0 bridgehead atoms. The number of carbonyl (C=O) groups is 1. The monoisotopic (exact) mass is 585 g/mol. The lowest BCUT2D eigenvalue weighted by Crippen LogP contribution is -2.47. The Morgan fingerprint density at radius 2 is 1.56 bits per heavy atom. The Hall–Kier alpha value is -2.75. The number of amides is 1. The van der Waals surface area contributed by atoms with Crippen LogP contribution in [0.4, 0.5) is 18.9 Å². The number of hydrogen-bond donors (Lipinski definition) is 1. The Labute approximate surface area is 240 Å². The van der Waals surface area contributed by atoms with Gasteiger partial charge in [-0.25, -0.2) is 4.98 Å². The number of rotatable bonds is 7. The van der Waals surface area contributed by atoms with E-state index in [1.165, 1.54) is 33.5 Å². The summed E-state index contributed by atoms with van der Waals surface area (Å²) in [4.78, 5) is 21.9. The largest absolute Gasteiger partial charge is 0.418 e. The number of aromatic nitrogens is 2. The van der Waals surface area contributed by atoms with Gasteiger partial charge in [0.2, 0.25) is 0 Å². The molecule has 39 heavy (non-hydrogen) atoms. The van der Waals surface area contributed by atoms with Crippen LogP contribution in [0.2, 0.25) is 0 Å². The fourth-order valence-electron chi connectivity index (χ4n) is 5.00. The molecule has 0 spiro atoms. The second kappa shape index (κ2) is 13.5. The van der Waals surface area contributed by atoms with E-state index in [4.69, 9.17) is 0 Å². The van der Waals surface area contributed by atoms with E-state index < -0.39 is 11.7 Å². The first kappa shape index (κ1) is 32.5. The van der Waals surface area contributed by atoms with Gasteiger partial charge < -0.3 is 10.2 Å². The minimum atomic E-state index is -4.51. The van der Waals surface area contributed by atoms with Crippen molar-refractivity contribution in [2.24, 2.45) is 0 Å². The highest BCUT2D eigenvalue weighted by Gasteiger charge is 2.34. The predicted molar refractivity (Wildman–Crippen MR) is 154 cm³/mol. The molecule has 3 aromatic rings. The van der Waals surface area contributed by atoms with Gasteiger partial charge in [0.1, 0.15) is 11.5 Å². The van der Waals surface area contributed by atoms with Gasteiger partial charge >= 0.3 is 6.18 Å².